The highest BCUT2D eigenvalue weighted by molar-refractivity contribution is 7.26. The zero-order valence-corrected chi connectivity index (χ0v) is 30.2. The van der Waals surface area contributed by atoms with E-state index in [1.807, 2.05) is 11.3 Å². The van der Waals surface area contributed by atoms with Gasteiger partial charge >= 0.3 is 0 Å². The summed E-state index contributed by atoms with van der Waals surface area (Å²) in [4.78, 5) is 10.7. The summed E-state index contributed by atoms with van der Waals surface area (Å²) >= 11 is 1.90. The number of hydrogen-bond donors (Lipinski definition) is 0. The van der Waals surface area contributed by atoms with Gasteiger partial charge in [0.1, 0.15) is 0 Å². The molecule has 0 unspecified atom stereocenters. The third-order valence-electron chi connectivity index (χ3n) is 11.2. The first-order valence-corrected chi connectivity index (χ1v) is 19.0. The third-order valence-corrected chi connectivity index (χ3v) is 12.4. The van der Waals surface area contributed by atoms with Gasteiger partial charge in [0.15, 0.2) is 5.82 Å². The molecular formula is C49H33N3S. The van der Waals surface area contributed by atoms with Gasteiger partial charge in [-0.25, -0.2) is 9.97 Å². The van der Waals surface area contributed by atoms with E-state index in [4.69, 9.17) is 9.97 Å². The minimum absolute atomic E-state index is 0.231. The quantitative estimate of drug-likeness (QED) is 0.183. The fourth-order valence-corrected chi connectivity index (χ4v) is 9.78. The first-order chi connectivity index (χ1) is 26.0. The van der Waals surface area contributed by atoms with Crippen molar-refractivity contribution in [3.8, 4) is 50.6 Å². The molecule has 7 aromatic carbocycles. The number of nitrogens with zero attached hydrogens (tertiary/aromatic N) is 3. The number of thiophene rings is 1. The molecule has 0 spiro atoms. The van der Waals surface area contributed by atoms with Crippen LogP contribution in [0.2, 0.25) is 0 Å². The van der Waals surface area contributed by atoms with Crippen molar-refractivity contribution in [3.05, 3.63) is 175 Å². The molecule has 0 aliphatic carbocycles. The lowest BCUT2D eigenvalue weighted by molar-refractivity contribution is 0.630. The number of para-hydroxylation sites is 2. The summed E-state index contributed by atoms with van der Waals surface area (Å²) < 4.78 is 5.20. The lowest BCUT2D eigenvalue weighted by Crippen LogP contribution is -2.26. The summed E-state index contributed by atoms with van der Waals surface area (Å²) in [5, 5.41) is 3.67. The van der Waals surface area contributed by atoms with Crippen molar-refractivity contribution in [2.24, 2.45) is 0 Å². The highest BCUT2D eigenvalue weighted by Crippen LogP contribution is 2.51. The number of benzene rings is 7. The van der Waals surface area contributed by atoms with E-state index < -0.39 is 0 Å². The Morgan fingerprint density at radius 2 is 1.11 bits per heavy atom. The highest BCUT2D eigenvalue weighted by Gasteiger charge is 2.36. The van der Waals surface area contributed by atoms with Crippen molar-refractivity contribution in [3.63, 3.8) is 0 Å². The molecule has 3 nitrogen and oxygen atoms in total. The molecule has 0 saturated heterocycles. The normalized spacial score (nSPS) is 13.2. The van der Waals surface area contributed by atoms with Gasteiger partial charge in [0.05, 0.1) is 32.6 Å². The fraction of sp³-hybridized carbons (Fsp3) is 0.0612. The van der Waals surface area contributed by atoms with Crippen LogP contribution in [0, 0.1) is 0 Å². The summed E-state index contributed by atoms with van der Waals surface area (Å²) in [5.41, 5.74) is 14.9. The van der Waals surface area contributed by atoms with Crippen molar-refractivity contribution in [1.29, 1.82) is 0 Å². The summed E-state index contributed by atoms with van der Waals surface area (Å²) in [6.07, 6.45) is 0. The summed E-state index contributed by atoms with van der Waals surface area (Å²) in [7, 11) is 0. The van der Waals surface area contributed by atoms with E-state index in [0.717, 1.165) is 44.7 Å². The van der Waals surface area contributed by atoms with Crippen LogP contribution in [-0.2, 0) is 5.41 Å². The molecule has 0 radical (unpaired) electrons. The molecule has 1 aliphatic heterocycles. The second-order valence-corrected chi connectivity index (χ2v) is 15.7. The Balaban J connectivity index is 1.14. The second-order valence-electron chi connectivity index (χ2n) is 14.6. The lowest BCUT2D eigenvalue weighted by Gasteiger charge is -2.35. The molecule has 10 aromatic rings. The van der Waals surface area contributed by atoms with Gasteiger partial charge in [-0.1, -0.05) is 129 Å². The molecule has 4 heteroatoms. The number of rotatable bonds is 4. The topological polar surface area (TPSA) is 30.7 Å². The first kappa shape index (κ1) is 30.3. The molecule has 0 fully saturated rings. The zero-order valence-electron chi connectivity index (χ0n) is 29.3. The Labute approximate surface area is 311 Å². The van der Waals surface area contributed by atoms with E-state index in [2.05, 4.69) is 182 Å². The Bertz CT molecular complexity index is 3020. The van der Waals surface area contributed by atoms with Gasteiger partial charge in [-0.05, 0) is 81.9 Å². The largest absolute Gasteiger partial charge is 0.307 e. The van der Waals surface area contributed by atoms with Crippen LogP contribution in [0.25, 0.3) is 92.7 Å². The van der Waals surface area contributed by atoms with Gasteiger partial charge < -0.3 is 4.57 Å². The molecule has 0 amide bonds. The Morgan fingerprint density at radius 3 is 1.87 bits per heavy atom. The number of hydrogen-bond acceptors (Lipinski definition) is 3. The zero-order chi connectivity index (χ0) is 35.3. The standard InChI is InChI=1S/C49H33N3S/c1-49(2)39-21-13-20-38-45(39)52(46-37-19-10-12-23-43(37)53-47(38)46)42-25-24-32(29-40(42)49)48-50-41-22-11-9-18-36(41)44(51-48)35-27-33(30-14-5-3-6-15-30)26-34(28-35)31-16-7-4-8-17-31/h3-29H,1-2H3. The van der Waals surface area contributed by atoms with Crippen molar-refractivity contribution >= 4 is 53.4 Å². The molecule has 250 valence electrons. The maximum atomic E-state index is 5.45. The van der Waals surface area contributed by atoms with Crippen LogP contribution in [0.15, 0.2) is 164 Å². The molecule has 0 bridgehead atoms. The fourth-order valence-electron chi connectivity index (χ4n) is 8.56. The van der Waals surface area contributed by atoms with Crippen LogP contribution >= 0.6 is 11.3 Å². The van der Waals surface area contributed by atoms with E-state index in [-0.39, 0.29) is 5.41 Å². The molecule has 0 saturated carbocycles. The van der Waals surface area contributed by atoms with Crippen molar-refractivity contribution in [2.45, 2.75) is 19.3 Å². The maximum absolute atomic E-state index is 5.45. The minimum atomic E-state index is -0.231. The van der Waals surface area contributed by atoms with Crippen molar-refractivity contribution < 1.29 is 0 Å². The first-order valence-electron chi connectivity index (χ1n) is 18.2. The summed E-state index contributed by atoms with van der Waals surface area (Å²) in [6.45, 7) is 4.72. The highest BCUT2D eigenvalue weighted by atomic mass is 32.1. The second kappa shape index (κ2) is 11.3. The van der Waals surface area contributed by atoms with Crippen LogP contribution in [0.4, 0.5) is 0 Å². The van der Waals surface area contributed by atoms with Crippen molar-refractivity contribution in [1.82, 2.24) is 14.5 Å². The van der Waals surface area contributed by atoms with Gasteiger partial charge in [-0.2, -0.15) is 0 Å². The average Bonchev–Trinajstić information content (AvgIpc) is 3.75. The monoisotopic (exact) mass is 695 g/mol. The molecule has 1 aliphatic rings. The van der Waals surface area contributed by atoms with Gasteiger partial charge in [0.2, 0.25) is 0 Å². The van der Waals surface area contributed by atoms with Crippen LogP contribution in [0.5, 0.6) is 0 Å². The molecule has 4 heterocycles. The van der Waals surface area contributed by atoms with E-state index in [9.17, 15) is 0 Å². The summed E-state index contributed by atoms with van der Waals surface area (Å²) in [6, 6.07) is 59.0. The molecule has 53 heavy (non-hydrogen) atoms. The van der Waals surface area contributed by atoms with Gasteiger partial charge in [-0.15, -0.1) is 11.3 Å². The minimum Gasteiger partial charge on any atom is -0.307 e. The number of fused-ring (bicyclic) bond motifs is 8. The Morgan fingerprint density at radius 1 is 0.472 bits per heavy atom. The Kier molecular flexibility index (Phi) is 6.47. The third kappa shape index (κ3) is 4.52. The molecular weight excluding hydrogens is 663 g/mol. The molecule has 11 rings (SSSR count). The van der Waals surface area contributed by atoms with Crippen molar-refractivity contribution in [2.75, 3.05) is 0 Å². The van der Waals surface area contributed by atoms with Crippen LogP contribution in [0.3, 0.4) is 0 Å². The van der Waals surface area contributed by atoms with Gasteiger partial charge in [0.25, 0.3) is 0 Å². The molecule has 3 aromatic heterocycles. The van der Waals surface area contributed by atoms with E-state index >= 15 is 0 Å². The van der Waals surface area contributed by atoms with E-state index in [1.54, 1.807) is 0 Å². The van der Waals surface area contributed by atoms with E-state index in [0.29, 0.717) is 0 Å². The van der Waals surface area contributed by atoms with Gasteiger partial charge in [-0.3, -0.25) is 0 Å². The molecule has 0 atom stereocenters. The smallest absolute Gasteiger partial charge is 0.160 e. The number of aromatic nitrogens is 3. The molecule has 0 N–H and O–H groups in total. The average molecular weight is 696 g/mol. The van der Waals surface area contributed by atoms with Crippen LogP contribution in [0.1, 0.15) is 25.0 Å². The SMILES string of the molecule is CC1(C)c2cc(-c3nc(-c4cc(-c5ccccc5)cc(-c5ccccc5)c4)c4ccccc4n3)ccc2-n2c3c1cccc3c1sc3ccccc3c12. The van der Waals surface area contributed by atoms with Gasteiger partial charge in [0, 0.05) is 37.4 Å². The lowest BCUT2D eigenvalue weighted by atomic mass is 9.74. The predicted octanol–water partition coefficient (Wildman–Crippen LogP) is 13.2. The maximum Gasteiger partial charge on any atom is 0.160 e. The van der Waals surface area contributed by atoms with Crippen LogP contribution in [-0.4, -0.2) is 14.5 Å². The summed E-state index contributed by atoms with van der Waals surface area (Å²) in [5.74, 6) is 0.728. The Hall–Kier alpha value is -6.36. The predicted molar refractivity (Wildman–Crippen MR) is 223 cm³/mol. The van der Waals surface area contributed by atoms with Crippen LogP contribution < -0.4 is 0 Å². The van der Waals surface area contributed by atoms with E-state index in [1.165, 1.54) is 59.1 Å².